The Labute approximate surface area is 108 Å². The van der Waals surface area contributed by atoms with Crippen molar-refractivity contribution in [1.82, 2.24) is 0 Å². The van der Waals surface area contributed by atoms with Crippen LogP contribution in [0.2, 0.25) is 0 Å². The number of para-hydroxylation sites is 2. The highest BCUT2D eigenvalue weighted by Crippen LogP contribution is 2.36. The number of rotatable bonds is 1. The molecule has 3 heteroatoms. The number of benzene rings is 1. The van der Waals surface area contributed by atoms with Crippen LogP contribution in [0.3, 0.4) is 0 Å². The quantitative estimate of drug-likeness (QED) is 0.761. The van der Waals surface area contributed by atoms with Gasteiger partial charge in [-0.2, -0.15) is 0 Å². The van der Waals surface area contributed by atoms with Crippen LogP contribution in [0.25, 0.3) is 0 Å². The topological polar surface area (TPSA) is 29.5 Å². The molecule has 1 amide bonds. The summed E-state index contributed by atoms with van der Waals surface area (Å²) >= 11 is 0. The van der Waals surface area contributed by atoms with Gasteiger partial charge in [-0.15, -0.1) is 0 Å². The molecule has 1 aromatic rings. The number of hydrogen-bond acceptors (Lipinski definition) is 2. The highest BCUT2D eigenvalue weighted by molar-refractivity contribution is 5.97. The molecule has 0 saturated heterocycles. The van der Waals surface area contributed by atoms with Gasteiger partial charge in [0.1, 0.15) is 11.9 Å². The van der Waals surface area contributed by atoms with Crippen molar-refractivity contribution < 1.29 is 9.53 Å². The molecule has 0 radical (unpaired) electrons. The van der Waals surface area contributed by atoms with Crippen LogP contribution in [0.1, 0.15) is 32.6 Å². The Morgan fingerprint density at radius 3 is 2.78 bits per heavy atom. The maximum atomic E-state index is 12.6. The van der Waals surface area contributed by atoms with E-state index in [-0.39, 0.29) is 17.9 Å². The lowest BCUT2D eigenvalue weighted by Crippen LogP contribution is -2.44. The Kier molecular flexibility index (Phi) is 2.98. The van der Waals surface area contributed by atoms with E-state index in [2.05, 4.69) is 0 Å². The van der Waals surface area contributed by atoms with E-state index in [0.29, 0.717) is 6.54 Å². The van der Waals surface area contributed by atoms with Gasteiger partial charge >= 0.3 is 0 Å². The van der Waals surface area contributed by atoms with E-state index in [9.17, 15) is 4.79 Å². The molecule has 3 nitrogen and oxygen atoms in total. The van der Waals surface area contributed by atoms with Gasteiger partial charge in [0, 0.05) is 5.92 Å². The highest BCUT2D eigenvalue weighted by Gasteiger charge is 2.32. The van der Waals surface area contributed by atoms with Crippen molar-refractivity contribution in [2.45, 2.75) is 38.7 Å². The predicted octanol–water partition coefficient (Wildman–Crippen LogP) is 2.99. The maximum Gasteiger partial charge on any atom is 0.230 e. The number of nitrogens with zero attached hydrogens (tertiary/aromatic N) is 1. The van der Waals surface area contributed by atoms with Crippen molar-refractivity contribution in [3.05, 3.63) is 24.3 Å². The van der Waals surface area contributed by atoms with Crippen LogP contribution in [-0.2, 0) is 4.79 Å². The zero-order valence-electron chi connectivity index (χ0n) is 10.8. The lowest BCUT2D eigenvalue weighted by Gasteiger charge is -2.34. The molecule has 1 saturated carbocycles. The standard InChI is InChI=1S/C15H19NO2/c1-11-10-16(15(17)12-6-2-3-7-12)13-8-4-5-9-14(13)18-11/h4-5,8-9,11-12H,2-3,6-7,10H2,1H3. The van der Waals surface area contributed by atoms with Crippen LogP contribution in [0.4, 0.5) is 5.69 Å². The fourth-order valence-corrected chi connectivity index (χ4v) is 2.99. The summed E-state index contributed by atoms with van der Waals surface area (Å²) in [5.41, 5.74) is 0.938. The lowest BCUT2D eigenvalue weighted by atomic mass is 10.0. The Morgan fingerprint density at radius 1 is 1.28 bits per heavy atom. The first-order valence-electron chi connectivity index (χ1n) is 6.83. The van der Waals surface area contributed by atoms with E-state index >= 15 is 0 Å². The molecule has 1 aliphatic heterocycles. The van der Waals surface area contributed by atoms with Crippen LogP contribution in [0.5, 0.6) is 5.75 Å². The summed E-state index contributed by atoms with van der Waals surface area (Å²) < 4.78 is 5.78. The Morgan fingerprint density at radius 2 is 2.00 bits per heavy atom. The molecule has 3 rings (SSSR count). The van der Waals surface area contributed by atoms with Crippen molar-refractivity contribution in [2.24, 2.45) is 5.92 Å². The second-order valence-electron chi connectivity index (χ2n) is 5.33. The van der Waals surface area contributed by atoms with Gasteiger partial charge in [0.15, 0.2) is 0 Å². The number of carbonyl (C=O) groups is 1. The number of carbonyl (C=O) groups excluding carboxylic acids is 1. The highest BCUT2D eigenvalue weighted by atomic mass is 16.5. The van der Waals surface area contributed by atoms with Crippen LogP contribution in [0, 0.1) is 5.92 Å². The molecule has 18 heavy (non-hydrogen) atoms. The van der Waals surface area contributed by atoms with E-state index in [4.69, 9.17) is 4.74 Å². The molecule has 0 N–H and O–H groups in total. The van der Waals surface area contributed by atoms with Crippen LogP contribution < -0.4 is 9.64 Å². The van der Waals surface area contributed by atoms with Gasteiger partial charge in [-0.25, -0.2) is 0 Å². The summed E-state index contributed by atoms with van der Waals surface area (Å²) in [5.74, 6) is 1.35. The molecule has 0 bridgehead atoms. The molecule has 1 heterocycles. The third kappa shape index (κ3) is 1.98. The normalized spacial score (nSPS) is 23.6. The average Bonchev–Trinajstić information content (AvgIpc) is 2.90. The molecule has 0 spiro atoms. The van der Waals surface area contributed by atoms with Gasteiger partial charge in [-0.3, -0.25) is 4.79 Å². The summed E-state index contributed by atoms with van der Waals surface area (Å²) in [7, 11) is 0. The first kappa shape index (κ1) is 11.6. The summed E-state index contributed by atoms with van der Waals surface area (Å²) in [5, 5.41) is 0. The minimum Gasteiger partial charge on any atom is -0.487 e. The van der Waals surface area contributed by atoms with Gasteiger partial charge in [0.05, 0.1) is 12.2 Å². The number of ether oxygens (including phenoxy) is 1. The fourth-order valence-electron chi connectivity index (χ4n) is 2.99. The minimum atomic E-state index is 0.0743. The molecular weight excluding hydrogens is 226 g/mol. The summed E-state index contributed by atoms with van der Waals surface area (Å²) in [6.45, 7) is 2.69. The number of hydrogen-bond donors (Lipinski definition) is 0. The van der Waals surface area contributed by atoms with E-state index in [0.717, 1.165) is 24.3 Å². The third-order valence-electron chi connectivity index (χ3n) is 3.89. The number of amides is 1. The molecule has 1 aromatic carbocycles. The van der Waals surface area contributed by atoms with Crippen molar-refractivity contribution in [3.8, 4) is 5.75 Å². The third-order valence-corrected chi connectivity index (χ3v) is 3.89. The molecule has 96 valence electrons. The molecule has 1 unspecified atom stereocenters. The van der Waals surface area contributed by atoms with E-state index in [1.165, 1.54) is 12.8 Å². The molecule has 0 aromatic heterocycles. The monoisotopic (exact) mass is 245 g/mol. The predicted molar refractivity (Wildman–Crippen MR) is 70.8 cm³/mol. The van der Waals surface area contributed by atoms with Gasteiger partial charge in [-0.05, 0) is 31.9 Å². The van der Waals surface area contributed by atoms with E-state index < -0.39 is 0 Å². The molecule has 1 aliphatic carbocycles. The lowest BCUT2D eigenvalue weighted by molar-refractivity contribution is -0.122. The fraction of sp³-hybridized carbons (Fsp3) is 0.533. The SMILES string of the molecule is CC1CN(C(=O)C2CCCC2)c2ccccc2O1. The maximum absolute atomic E-state index is 12.6. The minimum absolute atomic E-state index is 0.0743. The summed E-state index contributed by atoms with van der Waals surface area (Å²) in [4.78, 5) is 14.5. The Hall–Kier alpha value is -1.51. The molecule has 2 aliphatic rings. The number of fused-ring (bicyclic) bond motifs is 1. The van der Waals surface area contributed by atoms with E-state index in [1.807, 2.05) is 36.1 Å². The number of anilines is 1. The van der Waals surface area contributed by atoms with Crippen molar-refractivity contribution >= 4 is 11.6 Å². The zero-order chi connectivity index (χ0) is 12.5. The van der Waals surface area contributed by atoms with Crippen LogP contribution in [-0.4, -0.2) is 18.6 Å². The van der Waals surface area contributed by atoms with Crippen LogP contribution >= 0.6 is 0 Å². The van der Waals surface area contributed by atoms with Gasteiger partial charge in [0.25, 0.3) is 0 Å². The molecular formula is C15H19NO2. The van der Waals surface area contributed by atoms with E-state index in [1.54, 1.807) is 0 Å². The van der Waals surface area contributed by atoms with Crippen molar-refractivity contribution in [2.75, 3.05) is 11.4 Å². The zero-order valence-corrected chi connectivity index (χ0v) is 10.8. The largest absolute Gasteiger partial charge is 0.487 e. The summed E-state index contributed by atoms with van der Waals surface area (Å²) in [6.07, 6.45) is 4.56. The first-order valence-corrected chi connectivity index (χ1v) is 6.83. The first-order chi connectivity index (χ1) is 8.75. The Bertz CT molecular complexity index is 452. The second kappa shape index (κ2) is 4.63. The second-order valence-corrected chi connectivity index (χ2v) is 5.33. The summed E-state index contributed by atoms with van der Waals surface area (Å²) in [6, 6.07) is 7.84. The van der Waals surface area contributed by atoms with Crippen molar-refractivity contribution in [3.63, 3.8) is 0 Å². The molecule has 1 atom stereocenters. The smallest absolute Gasteiger partial charge is 0.230 e. The van der Waals surface area contributed by atoms with Gasteiger partial charge < -0.3 is 9.64 Å². The molecule has 1 fully saturated rings. The van der Waals surface area contributed by atoms with Crippen LogP contribution in [0.15, 0.2) is 24.3 Å². The average molecular weight is 245 g/mol. The van der Waals surface area contributed by atoms with Gasteiger partial charge in [0.2, 0.25) is 5.91 Å². The Balaban J connectivity index is 1.89. The van der Waals surface area contributed by atoms with Gasteiger partial charge in [-0.1, -0.05) is 25.0 Å². The van der Waals surface area contributed by atoms with Crippen molar-refractivity contribution in [1.29, 1.82) is 0 Å².